The van der Waals surface area contributed by atoms with E-state index in [0.29, 0.717) is 12.8 Å². The number of Topliss-reactive ketones (excluding diaryl/α,β-unsaturated/α-hetero) is 1. The lowest BCUT2D eigenvalue weighted by molar-refractivity contribution is -0.131. The number of halogens is 1. The van der Waals surface area contributed by atoms with E-state index >= 15 is 0 Å². The van der Waals surface area contributed by atoms with E-state index in [4.69, 9.17) is 4.74 Å². The minimum absolute atomic E-state index is 0.00845. The van der Waals surface area contributed by atoms with Gasteiger partial charge in [-0.15, -0.1) is 0 Å². The number of hydrogen-bond acceptors (Lipinski definition) is 4. The molecule has 1 N–H and O–H groups in total. The van der Waals surface area contributed by atoms with Gasteiger partial charge in [-0.2, -0.15) is 0 Å². The molecular formula is C20H17FN2O4. The first-order valence-electron chi connectivity index (χ1n) is 8.55. The summed E-state index contributed by atoms with van der Waals surface area (Å²) in [5.74, 6) is -1.44. The summed E-state index contributed by atoms with van der Waals surface area (Å²) in [5, 5.41) is 2.76. The lowest BCUT2D eigenvalue weighted by Crippen LogP contribution is -2.42. The zero-order valence-corrected chi connectivity index (χ0v) is 14.6. The highest BCUT2D eigenvalue weighted by Crippen LogP contribution is 2.41. The van der Waals surface area contributed by atoms with Crippen LogP contribution in [0.4, 0.5) is 9.18 Å². The zero-order valence-electron chi connectivity index (χ0n) is 14.6. The fraction of sp³-hybridized carbons (Fsp3) is 0.250. The number of methoxy groups -OCH3 is 1. The van der Waals surface area contributed by atoms with Gasteiger partial charge in [0.25, 0.3) is 5.91 Å². The van der Waals surface area contributed by atoms with Crippen molar-refractivity contribution in [2.75, 3.05) is 13.7 Å². The zero-order chi connectivity index (χ0) is 19.2. The number of ether oxygens (including phenoxy) is 1. The lowest BCUT2D eigenvalue weighted by Gasteiger charge is -2.22. The van der Waals surface area contributed by atoms with Gasteiger partial charge >= 0.3 is 6.03 Å². The second kappa shape index (κ2) is 6.19. The number of nitrogens with zero attached hydrogens (tertiary/aromatic N) is 1. The molecule has 6 nitrogen and oxygen atoms in total. The van der Waals surface area contributed by atoms with Crippen molar-refractivity contribution in [1.29, 1.82) is 0 Å². The molecule has 1 aliphatic heterocycles. The monoisotopic (exact) mass is 368 g/mol. The predicted octanol–water partition coefficient (Wildman–Crippen LogP) is 2.41. The highest BCUT2D eigenvalue weighted by Gasteiger charge is 2.55. The van der Waals surface area contributed by atoms with Crippen LogP contribution in [0.3, 0.4) is 0 Å². The quantitative estimate of drug-likeness (QED) is 0.664. The van der Waals surface area contributed by atoms with E-state index < -0.39 is 35.6 Å². The smallest absolute Gasteiger partial charge is 0.325 e. The van der Waals surface area contributed by atoms with Crippen LogP contribution in [0.2, 0.25) is 0 Å². The number of hydrogen-bond donors (Lipinski definition) is 1. The van der Waals surface area contributed by atoms with E-state index in [2.05, 4.69) is 5.32 Å². The molecular weight excluding hydrogens is 351 g/mol. The Kier molecular flexibility index (Phi) is 3.95. The maximum Gasteiger partial charge on any atom is 0.325 e. The van der Waals surface area contributed by atoms with Crippen LogP contribution in [0.5, 0.6) is 5.75 Å². The number of carbonyl (C=O) groups excluding carboxylic acids is 3. The fourth-order valence-corrected chi connectivity index (χ4v) is 3.86. The first-order valence-corrected chi connectivity index (χ1v) is 8.55. The predicted molar refractivity (Wildman–Crippen MR) is 94.0 cm³/mol. The summed E-state index contributed by atoms with van der Waals surface area (Å²) >= 11 is 0. The Bertz CT molecular complexity index is 974. The average molecular weight is 368 g/mol. The largest absolute Gasteiger partial charge is 0.496 e. The van der Waals surface area contributed by atoms with Crippen LogP contribution >= 0.6 is 0 Å². The molecule has 0 aromatic heterocycles. The number of ketones is 1. The van der Waals surface area contributed by atoms with Gasteiger partial charge < -0.3 is 10.1 Å². The van der Waals surface area contributed by atoms with Crippen LogP contribution < -0.4 is 10.1 Å². The molecule has 0 radical (unpaired) electrons. The van der Waals surface area contributed by atoms with E-state index in [1.54, 1.807) is 0 Å². The van der Waals surface area contributed by atoms with Crippen molar-refractivity contribution in [3.63, 3.8) is 0 Å². The van der Waals surface area contributed by atoms with Gasteiger partial charge in [0.1, 0.15) is 17.1 Å². The Balaban J connectivity index is 1.63. The Morgan fingerprint density at radius 1 is 1.26 bits per heavy atom. The third-order valence-corrected chi connectivity index (χ3v) is 5.19. The Labute approximate surface area is 154 Å². The van der Waals surface area contributed by atoms with E-state index in [1.165, 1.54) is 19.2 Å². The molecule has 2 aromatic rings. The standard InChI is InChI=1S/C20H17FN2O4/c1-27-17-7-6-13(21)10-14(17)16(24)11-23-18(25)20(22-19(23)26)9-8-12-4-2-3-5-15(12)20/h2-7,10H,8-9,11H2,1H3,(H,22,26)/t20-/m0/s1. The van der Waals surface area contributed by atoms with Crippen molar-refractivity contribution < 1.29 is 23.5 Å². The van der Waals surface area contributed by atoms with Crippen LogP contribution in [0.25, 0.3) is 0 Å². The van der Waals surface area contributed by atoms with Crippen molar-refractivity contribution >= 4 is 17.7 Å². The van der Waals surface area contributed by atoms with Gasteiger partial charge in [-0.3, -0.25) is 14.5 Å². The first-order chi connectivity index (χ1) is 13.0. The summed E-state index contributed by atoms with van der Waals surface area (Å²) in [7, 11) is 1.36. The van der Waals surface area contributed by atoms with Gasteiger partial charge in [0.2, 0.25) is 0 Å². The van der Waals surface area contributed by atoms with Crippen molar-refractivity contribution in [1.82, 2.24) is 10.2 Å². The Hall–Kier alpha value is -3.22. The molecule has 1 fully saturated rings. The summed E-state index contributed by atoms with van der Waals surface area (Å²) in [6.07, 6.45) is 1.12. The summed E-state index contributed by atoms with van der Waals surface area (Å²) in [4.78, 5) is 39.1. The van der Waals surface area contributed by atoms with Crippen molar-refractivity contribution in [3.05, 3.63) is 65.0 Å². The van der Waals surface area contributed by atoms with E-state index in [0.717, 1.165) is 22.1 Å². The number of fused-ring (bicyclic) bond motifs is 2. The number of imide groups is 1. The molecule has 27 heavy (non-hydrogen) atoms. The third kappa shape index (κ3) is 2.58. The second-order valence-corrected chi connectivity index (χ2v) is 6.65. The summed E-state index contributed by atoms with van der Waals surface area (Å²) in [6.45, 7) is -0.478. The summed E-state index contributed by atoms with van der Waals surface area (Å²) < 4.78 is 18.6. The Morgan fingerprint density at radius 2 is 2.04 bits per heavy atom. The molecule has 1 aliphatic carbocycles. The molecule has 0 bridgehead atoms. The van der Waals surface area contributed by atoms with Gasteiger partial charge in [-0.05, 0) is 42.2 Å². The maximum absolute atomic E-state index is 13.5. The highest BCUT2D eigenvalue weighted by atomic mass is 19.1. The lowest BCUT2D eigenvalue weighted by atomic mass is 9.92. The second-order valence-electron chi connectivity index (χ2n) is 6.65. The molecule has 1 spiro atoms. The number of carbonyl (C=O) groups is 3. The number of urea groups is 1. The summed E-state index contributed by atoms with van der Waals surface area (Å²) in [5.41, 5.74) is 0.638. The normalized spacial score (nSPS) is 20.7. The average Bonchev–Trinajstić information content (AvgIpc) is 3.15. The molecule has 138 valence electrons. The van der Waals surface area contributed by atoms with Gasteiger partial charge in [0.15, 0.2) is 5.78 Å². The van der Waals surface area contributed by atoms with Gasteiger partial charge in [-0.25, -0.2) is 9.18 Å². The molecule has 7 heteroatoms. The number of aryl methyl sites for hydroxylation is 1. The molecule has 0 unspecified atom stereocenters. The molecule has 3 amide bonds. The number of amides is 3. The Morgan fingerprint density at radius 3 is 2.81 bits per heavy atom. The molecule has 4 rings (SSSR count). The van der Waals surface area contributed by atoms with Crippen LogP contribution in [0, 0.1) is 5.82 Å². The fourth-order valence-electron chi connectivity index (χ4n) is 3.86. The van der Waals surface area contributed by atoms with Gasteiger partial charge in [0.05, 0.1) is 19.2 Å². The van der Waals surface area contributed by atoms with Crippen LogP contribution in [-0.2, 0) is 16.8 Å². The molecule has 2 aromatic carbocycles. The van der Waals surface area contributed by atoms with E-state index in [1.807, 2.05) is 24.3 Å². The van der Waals surface area contributed by atoms with Crippen LogP contribution in [-0.4, -0.2) is 36.3 Å². The molecule has 2 aliphatic rings. The first kappa shape index (κ1) is 17.2. The van der Waals surface area contributed by atoms with Crippen molar-refractivity contribution in [2.24, 2.45) is 0 Å². The number of benzene rings is 2. The number of rotatable bonds is 4. The van der Waals surface area contributed by atoms with Crippen molar-refractivity contribution in [3.8, 4) is 5.75 Å². The minimum atomic E-state index is -1.13. The highest BCUT2D eigenvalue weighted by molar-refractivity contribution is 6.12. The minimum Gasteiger partial charge on any atom is -0.496 e. The molecule has 1 saturated heterocycles. The van der Waals surface area contributed by atoms with Gasteiger partial charge in [-0.1, -0.05) is 24.3 Å². The third-order valence-electron chi connectivity index (χ3n) is 5.19. The SMILES string of the molecule is COc1ccc(F)cc1C(=O)CN1C(=O)N[C@]2(CCc3ccccc32)C1=O. The molecule has 1 heterocycles. The maximum atomic E-state index is 13.5. The van der Waals surface area contributed by atoms with Crippen LogP contribution in [0.1, 0.15) is 27.9 Å². The topological polar surface area (TPSA) is 75.7 Å². The van der Waals surface area contributed by atoms with E-state index in [-0.39, 0.29) is 11.3 Å². The van der Waals surface area contributed by atoms with Gasteiger partial charge in [0, 0.05) is 0 Å². The molecule has 0 saturated carbocycles. The van der Waals surface area contributed by atoms with Crippen LogP contribution in [0.15, 0.2) is 42.5 Å². The summed E-state index contributed by atoms with van der Waals surface area (Å²) in [6, 6.07) is 10.4. The number of nitrogens with one attached hydrogen (secondary N) is 1. The van der Waals surface area contributed by atoms with Crippen molar-refractivity contribution in [2.45, 2.75) is 18.4 Å². The molecule has 1 atom stereocenters. The van der Waals surface area contributed by atoms with E-state index in [9.17, 15) is 18.8 Å².